The van der Waals surface area contributed by atoms with E-state index in [-0.39, 0.29) is 23.6 Å². The third kappa shape index (κ3) is 5.30. The van der Waals surface area contributed by atoms with Gasteiger partial charge in [-0.1, -0.05) is 24.3 Å². The Balaban J connectivity index is 0.000000200. The molecule has 0 aliphatic heterocycles. The van der Waals surface area contributed by atoms with Gasteiger partial charge in [0.1, 0.15) is 11.5 Å². The minimum atomic E-state index is -0.00731. The van der Waals surface area contributed by atoms with Crippen molar-refractivity contribution in [2.75, 3.05) is 0 Å². The zero-order valence-corrected chi connectivity index (χ0v) is 11.8. The summed E-state index contributed by atoms with van der Waals surface area (Å²) in [6, 6.07) is 13.9. The fraction of sp³-hybridized carbons (Fsp3) is 0.250. The second-order valence-corrected chi connectivity index (χ2v) is 4.77. The summed E-state index contributed by atoms with van der Waals surface area (Å²) in [6.45, 7) is 3.77. The summed E-state index contributed by atoms with van der Waals surface area (Å²) in [6.07, 6.45) is 0. The Morgan fingerprint density at radius 3 is 1.30 bits per heavy atom. The van der Waals surface area contributed by atoms with Crippen molar-refractivity contribution in [3.63, 3.8) is 0 Å². The number of aromatic hydroxyl groups is 2. The molecule has 0 unspecified atom stereocenters. The van der Waals surface area contributed by atoms with Crippen LogP contribution in [0.15, 0.2) is 48.5 Å². The van der Waals surface area contributed by atoms with Crippen LogP contribution >= 0.6 is 0 Å². The number of phenolic OH excluding ortho intramolecular Hbond substituents is 2. The second kappa shape index (κ2) is 7.53. The van der Waals surface area contributed by atoms with Gasteiger partial charge in [0.2, 0.25) is 0 Å². The zero-order valence-electron chi connectivity index (χ0n) is 11.8. The Kier molecular flexibility index (Phi) is 6.03. The lowest BCUT2D eigenvalue weighted by Crippen LogP contribution is -2.03. The molecule has 20 heavy (non-hydrogen) atoms. The maximum Gasteiger partial charge on any atom is 0.115 e. The van der Waals surface area contributed by atoms with Crippen LogP contribution in [-0.2, 0) is 0 Å². The molecule has 0 saturated carbocycles. The molecule has 0 bridgehead atoms. The zero-order chi connectivity index (χ0) is 15.1. The third-order valence-electron chi connectivity index (χ3n) is 2.79. The van der Waals surface area contributed by atoms with Crippen LogP contribution in [0.25, 0.3) is 0 Å². The minimum absolute atomic E-state index is 0.00731. The first kappa shape index (κ1) is 16.0. The van der Waals surface area contributed by atoms with Crippen LogP contribution in [0.1, 0.15) is 37.1 Å². The number of phenols is 2. The fourth-order valence-electron chi connectivity index (χ4n) is 1.62. The molecule has 2 rings (SSSR count). The van der Waals surface area contributed by atoms with Crippen LogP contribution in [0, 0.1) is 0 Å². The van der Waals surface area contributed by atoms with Gasteiger partial charge in [0.05, 0.1) is 0 Å². The number of rotatable bonds is 2. The molecule has 0 aromatic heterocycles. The van der Waals surface area contributed by atoms with Gasteiger partial charge in [-0.25, -0.2) is 0 Å². The van der Waals surface area contributed by atoms with E-state index in [0.29, 0.717) is 0 Å². The van der Waals surface area contributed by atoms with Gasteiger partial charge in [0, 0.05) is 12.1 Å². The highest BCUT2D eigenvalue weighted by atomic mass is 16.3. The molecule has 0 radical (unpaired) electrons. The summed E-state index contributed by atoms with van der Waals surface area (Å²) in [4.78, 5) is 0. The highest BCUT2D eigenvalue weighted by Gasteiger charge is 1.98. The fourth-order valence-corrected chi connectivity index (χ4v) is 1.62. The van der Waals surface area contributed by atoms with Crippen molar-refractivity contribution in [3.05, 3.63) is 59.7 Å². The Labute approximate surface area is 119 Å². The monoisotopic (exact) mass is 274 g/mol. The van der Waals surface area contributed by atoms with Crippen molar-refractivity contribution in [3.8, 4) is 11.5 Å². The van der Waals surface area contributed by atoms with Gasteiger partial charge in [0.25, 0.3) is 0 Å². The third-order valence-corrected chi connectivity index (χ3v) is 2.79. The van der Waals surface area contributed by atoms with Gasteiger partial charge < -0.3 is 21.7 Å². The molecule has 4 heteroatoms. The quantitative estimate of drug-likeness (QED) is 0.677. The number of benzene rings is 2. The Hall–Kier alpha value is -2.04. The molecule has 108 valence electrons. The van der Waals surface area contributed by atoms with E-state index >= 15 is 0 Å². The van der Waals surface area contributed by atoms with Gasteiger partial charge in [0.15, 0.2) is 0 Å². The van der Waals surface area contributed by atoms with Crippen LogP contribution in [0.2, 0.25) is 0 Å². The largest absolute Gasteiger partial charge is 0.508 e. The highest BCUT2D eigenvalue weighted by molar-refractivity contribution is 5.29. The molecule has 0 aliphatic rings. The van der Waals surface area contributed by atoms with Crippen LogP contribution < -0.4 is 11.5 Å². The summed E-state index contributed by atoms with van der Waals surface area (Å²) in [5.41, 5.74) is 13.1. The van der Waals surface area contributed by atoms with Gasteiger partial charge >= 0.3 is 0 Å². The van der Waals surface area contributed by atoms with Crippen LogP contribution in [0.4, 0.5) is 0 Å². The number of hydrogen-bond acceptors (Lipinski definition) is 4. The second-order valence-electron chi connectivity index (χ2n) is 4.77. The lowest BCUT2D eigenvalue weighted by molar-refractivity contribution is 0.473. The normalized spacial score (nSPS) is 13.0. The first-order valence-electron chi connectivity index (χ1n) is 6.49. The number of hydrogen-bond donors (Lipinski definition) is 4. The first-order valence-corrected chi connectivity index (χ1v) is 6.49. The molecule has 2 aromatic rings. The average molecular weight is 274 g/mol. The van der Waals surface area contributed by atoms with Gasteiger partial charge in [-0.15, -0.1) is 0 Å². The molecule has 4 nitrogen and oxygen atoms in total. The van der Waals surface area contributed by atoms with E-state index in [2.05, 4.69) is 0 Å². The molecular weight excluding hydrogens is 252 g/mol. The first-order chi connectivity index (χ1) is 9.40. The smallest absolute Gasteiger partial charge is 0.115 e. The molecule has 0 amide bonds. The Morgan fingerprint density at radius 2 is 1.10 bits per heavy atom. The van der Waals surface area contributed by atoms with E-state index in [4.69, 9.17) is 21.7 Å². The summed E-state index contributed by atoms with van der Waals surface area (Å²) in [5, 5.41) is 18.0. The van der Waals surface area contributed by atoms with Gasteiger partial charge in [-0.2, -0.15) is 0 Å². The summed E-state index contributed by atoms with van der Waals surface area (Å²) in [5.74, 6) is 0.546. The van der Waals surface area contributed by atoms with Crippen molar-refractivity contribution in [2.24, 2.45) is 11.5 Å². The maximum absolute atomic E-state index is 9.01. The Morgan fingerprint density at radius 1 is 0.750 bits per heavy atom. The van der Waals surface area contributed by atoms with Crippen LogP contribution in [0.3, 0.4) is 0 Å². The molecule has 0 saturated heterocycles. The minimum Gasteiger partial charge on any atom is -0.508 e. The maximum atomic E-state index is 9.01. The van der Waals surface area contributed by atoms with Crippen molar-refractivity contribution >= 4 is 0 Å². The summed E-state index contributed by atoms with van der Waals surface area (Å²) < 4.78 is 0. The summed E-state index contributed by atoms with van der Waals surface area (Å²) in [7, 11) is 0. The molecule has 2 aromatic carbocycles. The van der Waals surface area contributed by atoms with E-state index in [1.807, 2.05) is 26.0 Å². The predicted octanol–water partition coefficient (Wildman–Crippen LogP) is 2.82. The van der Waals surface area contributed by atoms with Gasteiger partial charge in [-0.05, 0) is 49.2 Å². The molecular formula is C16H22N2O2. The van der Waals surface area contributed by atoms with E-state index in [9.17, 15) is 0 Å². The van der Waals surface area contributed by atoms with E-state index in [0.717, 1.165) is 11.1 Å². The van der Waals surface area contributed by atoms with Crippen molar-refractivity contribution < 1.29 is 10.2 Å². The molecule has 0 spiro atoms. The molecule has 0 fully saturated rings. The topological polar surface area (TPSA) is 92.5 Å². The molecule has 0 heterocycles. The van der Waals surface area contributed by atoms with Crippen molar-refractivity contribution in [1.29, 1.82) is 0 Å². The van der Waals surface area contributed by atoms with Crippen molar-refractivity contribution in [2.45, 2.75) is 25.9 Å². The van der Waals surface area contributed by atoms with Gasteiger partial charge in [-0.3, -0.25) is 0 Å². The lowest BCUT2D eigenvalue weighted by Gasteiger charge is -2.03. The van der Waals surface area contributed by atoms with Crippen LogP contribution in [0.5, 0.6) is 11.5 Å². The molecule has 2 atom stereocenters. The highest BCUT2D eigenvalue weighted by Crippen LogP contribution is 2.16. The lowest BCUT2D eigenvalue weighted by atomic mass is 10.1. The predicted molar refractivity (Wildman–Crippen MR) is 81.4 cm³/mol. The van der Waals surface area contributed by atoms with E-state index in [1.54, 1.807) is 36.4 Å². The van der Waals surface area contributed by atoms with Crippen molar-refractivity contribution in [1.82, 2.24) is 0 Å². The van der Waals surface area contributed by atoms with E-state index < -0.39 is 0 Å². The van der Waals surface area contributed by atoms with Crippen LogP contribution in [-0.4, -0.2) is 10.2 Å². The SMILES string of the molecule is C[C@@H](N)c1cccc(O)c1.C[C@H](N)c1cccc(O)c1. The molecule has 0 aliphatic carbocycles. The van der Waals surface area contributed by atoms with E-state index in [1.165, 1.54) is 0 Å². The summed E-state index contributed by atoms with van der Waals surface area (Å²) >= 11 is 0. The molecule has 6 N–H and O–H groups in total. The average Bonchev–Trinajstić information content (AvgIpc) is 2.39. The standard InChI is InChI=1S/2C8H11NO/c2*1-6(9)7-3-2-4-8(10)5-7/h2*2-6,10H,9H2,1H3/t2*6-/m10/s1. The Bertz CT molecular complexity index is 490. The number of nitrogens with two attached hydrogens (primary N) is 2.